The molecule has 1 heterocycles. The highest BCUT2D eigenvalue weighted by atomic mass is 16.5. The molecule has 6 rings (SSSR count). The molecule has 5 aromatic rings. The Bertz CT molecular complexity index is 1850. The molecule has 0 aromatic heterocycles. The smallest absolute Gasteiger partial charge is 0.306 e. The Labute approximate surface area is 247 Å². The number of carbonyl (C=O) groups excluding carboxylic acids is 1. The number of rotatable bonds is 10. The summed E-state index contributed by atoms with van der Waals surface area (Å²) < 4.78 is 5.37. The Kier molecular flexibility index (Phi) is 7.48. The van der Waals surface area contributed by atoms with Crippen molar-refractivity contribution in [1.29, 1.82) is 0 Å². The topological polar surface area (TPSA) is 136 Å². The SMILES string of the molecule is CC1(COC(=O)CCC(=O)O)Nc2cccc3c(N=Nc4ccc(NNc5ccccc5)c5ccccc45)ccc(c23)N1. The van der Waals surface area contributed by atoms with Crippen LogP contribution in [0.15, 0.2) is 107 Å². The first-order valence-electron chi connectivity index (χ1n) is 13.9. The lowest BCUT2D eigenvalue weighted by molar-refractivity contribution is -0.148. The summed E-state index contributed by atoms with van der Waals surface area (Å²) in [4.78, 5) is 22.8. The van der Waals surface area contributed by atoms with Crippen LogP contribution in [0.1, 0.15) is 19.8 Å². The van der Waals surface area contributed by atoms with Crippen molar-refractivity contribution in [1.82, 2.24) is 0 Å². The summed E-state index contributed by atoms with van der Waals surface area (Å²) in [6.45, 7) is 1.90. The van der Waals surface area contributed by atoms with Crippen molar-refractivity contribution >= 4 is 67.6 Å². The van der Waals surface area contributed by atoms with E-state index in [-0.39, 0.29) is 19.4 Å². The van der Waals surface area contributed by atoms with Crippen molar-refractivity contribution in [2.75, 3.05) is 28.1 Å². The number of hydrazine groups is 1. The van der Waals surface area contributed by atoms with E-state index >= 15 is 0 Å². The number of esters is 1. The summed E-state index contributed by atoms with van der Waals surface area (Å²) in [5, 5.41) is 28.8. The molecular weight excluding hydrogens is 544 g/mol. The number of carboxylic acid groups (broad SMARTS) is 1. The van der Waals surface area contributed by atoms with Gasteiger partial charge in [0.05, 0.1) is 35.6 Å². The summed E-state index contributed by atoms with van der Waals surface area (Å²) in [6, 6.07) is 31.6. The van der Waals surface area contributed by atoms with Crippen molar-refractivity contribution in [3.05, 3.63) is 97.1 Å². The van der Waals surface area contributed by atoms with Crippen LogP contribution in [0.3, 0.4) is 0 Å². The van der Waals surface area contributed by atoms with E-state index in [4.69, 9.17) is 9.84 Å². The largest absolute Gasteiger partial charge is 0.481 e. The molecule has 0 bridgehead atoms. The maximum Gasteiger partial charge on any atom is 0.306 e. The van der Waals surface area contributed by atoms with Crippen LogP contribution in [0.5, 0.6) is 0 Å². The molecule has 0 radical (unpaired) electrons. The Morgan fingerprint density at radius 3 is 2.16 bits per heavy atom. The summed E-state index contributed by atoms with van der Waals surface area (Å²) >= 11 is 0. The van der Waals surface area contributed by atoms with Gasteiger partial charge in [0.25, 0.3) is 0 Å². The van der Waals surface area contributed by atoms with E-state index < -0.39 is 17.6 Å². The van der Waals surface area contributed by atoms with Crippen LogP contribution in [0.2, 0.25) is 0 Å². The molecule has 1 unspecified atom stereocenters. The second kappa shape index (κ2) is 11.7. The van der Waals surface area contributed by atoms with Gasteiger partial charge >= 0.3 is 11.9 Å². The lowest BCUT2D eigenvalue weighted by Crippen LogP contribution is -2.49. The summed E-state index contributed by atoms with van der Waals surface area (Å²) in [6.07, 6.45) is -0.441. The third-order valence-corrected chi connectivity index (χ3v) is 7.19. The maximum atomic E-state index is 12.0. The van der Waals surface area contributed by atoms with Gasteiger partial charge in [0.1, 0.15) is 12.3 Å². The fourth-order valence-electron chi connectivity index (χ4n) is 5.14. The zero-order valence-corrected chi connectivity index (χ0v) is 23.4. The van der Waals surface area contributed by atoms with Gasteiger partial charge < -0.3 is 31.3 Å². The molecule has 0 amide bonds. The molecule has 5 aromatic carbocycles. The predicted molar refractivity (Wildman–Crippen MR) is 169 cm³/mol. The summed E-state index contributed by atoms with van der Waals surface area (Å²) in [5.41, 5.74) is 10.8. The van der Waals surface area contributed by atoms with Crippen molar-refractivity contribution in [3.63, 3.8) is 0 Å². The fraction of sp³-hybridized carbons (Fsp3) is 0.152. The average Bonchev–Trinajstić information content (AvgIpc) is 3.02. The number of anilines is 4. The van der Waals surface area contributed by atoms with Gasteiger partial charge in [-0.15, -0.1) is 10.2 Å². The number of aliphatic carboxylic acids is 1. The van der Waals surface area contributed by atoms with Gasteiger partial charge in [0.2, 0.25) is 0 Å². The molecule has 10 heteroatoms. The van der Waals surface area contributed by atoms with Crippen LogP contribution in [0.4, 0.5) is 34.1 Å². The number of nitrogens with one attached hydrogen (secondary N) is 4. The van der Waals surface area contributed by atoms with Crippen LogP contribution in [0, 0.1) is 0 Å². The van der Waals surface area contributed by atoms with Crippen molar-refractivity contribution in [2.45, 2.75) is 25.4 Å². The molecule has 0 saturated heterocycles. The number of azo groups is 1. The second-order valence-corrected chi connectivity index (χ2v) is 10.5. The van der Waals surface area contributed by atoms with Crippen molar-refractivity contribution in [3.8, 4) is 0 Å². The zero-order chi connectivity index (χ0) is 29.8. The van der Waals surface area contributed by atoms with E-state index in [0.717, 1.165) is 50.0 Å². The first kappa shape index (κ1) is 27.5. The molecule has 0 spiro atoms. The zero-order valence-electron chi connectivity index (χ0n) is 23.4. The standard InChI is InChI=1S/C33H30N6O4/c1-33(20-43-31(42)19-18-30(40)41)34-28-13-7-12-24-27(16-17-29(35-33)32(24)28)39-38-26-15-14-25(22-10-5-6-11-23(22)26)37-36-21-8-3-2-4-9-21/h2-17,34-37H,18-20H2,1H3,(H,40,41). The van der Waals surface area contributed by atoms with Crippen LogP contribution in [0.25, 0.3) is 21.5 Å². The molecule has 0 saturated carbocycles. The predicted octanol–water partition coefficient (Wildman–Crippen LogP) is 7.81. The maximum absolute atomic E-state index is 12.0. The Morgan fingerprint density at radius 2 is 1.40 bits per heavy atom. The van der Waals surface area contributed by atoms with Crippen LogP contribution >= 0.6 is 0 Å². The third kappa shape index (κ3) is 6.03. The Morgan fingerprint density at radius 1 is 0.744 bits per heavy atom. The van der Waals surface area contributed by atoms with Crippen LogP contribution in [-0.4, -0.2) is 29.3 Å². The van der Waals surface area contributed by atoms with Gasteiger partial charge in [-0.3, -0.25) is 9.59 Å². The fourth-order valence-corrected chi connectivity index (χ4v) is 5.14. The number of hydrogen-bond donors (Lipinski definition) is 5. The number of fused-ring (bicyclic) bond motifs is 1. The number of para-hydroxylation sites is 1. The van der Waals surface area contributed by atoms with E-state index in [2.05, 4.69) is 31.7 Å². The van der Waals surface area contributed by atoms with Crippen molar-refractivity contribution < 1.29 is 19.4 Å². The van der Waals surface area contributed by atoms with Crippen LogP contribution < -0.4 is 21.5 Å². The van der Waals surface area contributed by atoms with E-state index in [0.29, 0.717) is 5.69 Å². The number of benzene rings is 5. The van der Waals surface area contributed by atoms with Gasteiger partial charge in [-0.2, -0.15) is 0 Å². The van der Waals surface area contributed by atoms with Gasteiger partial charge in [-0.05, 0) is 49.4 Å². The van der Waals surface area contributed by atoms with Crippen molar-refractivity contribution in [2.24, 2.45) is 10.2 Å². The average molecular weight is 575 g/mol. The van der Waals surface area contributed by atoms with Gasteiger partial charge in [0, 0.05) is 32.9 Å². The highest BCUT2D eigenvalue weighted by Gasteiger charge is 2.32. The van der Waals surface area contributed by atoms with Gasteiger partial charge in [0.15, 0.2) is 0 Å². The second-order valence-electron chi connectivity index (χ2n) is 10.5. The lowest BCUT2D eigenvalue weighted by Gasteiger charge is -2.38. The lowest BCUT2D eigenvalue weighted by atomic mass is 9.99. The third-order valence-electron chi connectivity index (χ3n) is 7.19. The molecule has 0 fully saturated rings. The molecular formula is C33H30N6O4. The number of carbonyl (C=O) groups is 2. The molecule has 43 heavy (non-hydrogen) atoms. The minimum absolute atomic E-state index is 0.0154. The summed E-state index contributed by atoms with van der Waals surface area (Å²) in [7, 11) is 0. The highest BCUT2D eigenvalue weighted by Crippen LogP contribution is 2.42. The minimum atomic E-state index is -1.04. The molecule has 10 nitrogen and oxygen atoms in total. The van der Waals surface area contributed by atoms with E-state index in [1.165, 1.54) is 0 Å². The number of hydrogen-bond acceptors (Lipinski definition) is 9. The van der Waals surface area contributed by atoms with E-state index in [1.54, 1.807) is 0 Å². The molecule has 0 aliphatic carbocycles. The summed E-state index contributed by atoms with van der Waals surface area (Å²) in [5.74, 6) is -1.60. The molecule has 216 valence electrons. The highest BCUT2D eigenvalue weighted by molar-refractivity contribution is 6.10. The quantitative estimate of drug-likeness (QED) is 0.0647. The first-order chi connectivity index (χ1) is 20.9. The first-order valence-corrected chi connectivity index (χ1v) is 13.9. The monoisotopic (exact) mass is 574 g/mol. The van der Waals surface area contributed by atoms with Gasteiger partial charge in [-0.1, -0.05) is 54.6 Å². The molecule has 1 aliphatic heterocycles. The number of carboxylic acids is 1. The molecule has 1 aliphatic rings. The normalized spacial score (nSPS) is 15.6. The Balaban J connectivity index is 1.23. The molecule has 5 N–H and O–H groups in total. The van der Waals surface area contributed by atoms with Crippen LogP contribution in [-0.2, 0) is 14.3 Å². The Hall–Kier alpha value is -5.64. The van der Waals surface area contributed by atoms with E-state index in [1.807, 2.05) is 104 Å². The van der Waals surface area contributed by atoms with E-state index in [9.17, 15) is 9.59 Å². The van der Waals surface area contributed by atoms with Gasteiger partial charge in [-0.25, -0.2) is 0 Å². The number of nitrogens with zero attached hydrogens (tertiary/aromatic N) is 2. The number of ether oxygens (including phenoxy) is 1. The molecule has 1 atom stereocenters. The minimum Gasteiger partial charge on any atom is -0.481 e.